The van der Waals surface area contributed by atoms with Crippen LogP contribution in [-0.4, -0.2) is 26.3 Å². The van der Waals surface area contributed by atoms with Gasteiger partial charge in [0.15, 0.2) is 0 Å². The van der Waals surface area contributed by atoms with Gasteiger partial charge in [-0.05, 0) is 13.0 Å². The lowest BCUT2D eigenvalue weighted by atomic mass is 10.2. The van der Waals surface area contributed by atoms with Gasteiger partial charge in [0.25, 0.3) is 0 Å². The molecule has 0 aliphatic heterocycles. The zero-order valence-electron chi connectivity index (χ0n) is 10.1. The summed E-state index contributed by atoms with van der Waals surface area (Å²) in [6.45, 7) is 6.09. The van der Waals surface area contributed by atoms with E-state index in [1.165, 1.54) is 12.1 Å². The Balaban J connectivity index is 3.00. The Morgan fingerprint density at radius 1 is 1.44 bits per heavy atom. The average molecular weight is 291 g/mol. The Kier molecular flexibility index (Phi) is 4.48. The molecule has 0 atom stereocenters. The molecule has 18 heavy (non-hydrogen) atoms. The van der Waals surface area contributed by atoms with Crippen LogP contribution in [0.15, 0.2) is 24.3 Å². The van der Waals surface area contributed by atoms with E-state index in [9.17, 15) is 13.5 Å². The highest BCUT2D eigenvalue weighted by Gasteiger charge is 2.11. The molecule has 0 bridgehead atoms. The zero-order valence-corrected chi connectivity index (χ0v) is 11.7. The summed E-state index contributed by atoms with van der Waals surface area (Å²) < 4.78 is 24.3. The number of aromatic hydroxyl groups is 1. The van der Waals surface area contributed by atoms with Gasteiger partial charge in [0.1, 0.15) is 5.75 Å². The molecule has 0 aromatic heterocycles. The Morgan fingerprint density at radius 3 is 2.56 bits per heavy atom. The van der Waals surface area contributed by atoms with Gasteiger partial charge < -0.3 is 10.4 Å². The van der Waals surface area contributed by atoms with Gasteiger partial charge >= 0.3 is 0 Å². The van der Waals surface area contributed by atoms with E-state index in [-0.39, 0.29) is 11.4 Å². The van der Waals surface area contributed by atoms with E-state index < -0.39 is 10.0 Å². The third-order valence-corrected chi connectivity index (χ3v) is 2.86. The number of hydrogen-bond acceptors (Lipinski definition) is 4. The molecule has 7 heteroatoms. The van der Waals surface area contributed by atoms with Crippen molar-refractivity contribution in [2.45, 2.75) is 6.92 Å². The van der Waals surface area contributed by atoms with Gasteiger partial charge in [0.2, 0.25) is 10.0 Å². The number of phenols is 1. The van der Waals surface area contributed by atoms with Crippen molar-refractivity contribution in [1.82, 2.24) is 0 Å². The topological polar surface area (TPSA) is 78.4 Å². The van der Waals surface area contributed by atoms with Crippen molar-refractivity contribution in [1.29, 1.82) is 0 Å². The predicted molar refractivity (Wildman–Crippen MR) is 74.9 cm³/mol. The molecule has 0 spiro atoms. The van der Waals surface area contributed by atoms with Crippen molar-refractivity contribution < 1.29 is 13.5 Å². The normalized spacial score (nSPS) is 11.1. The monoisotopic (exact) mass is 290 g/mol. The van der Waals surface area contributed by atoms with E-state index in [1.807, 2.05) is 6.92 Å². The number of anilines is 2. The highest BCUT2D eigenvalue weighted by molar-refractivity contribution is 7.92. The second-order valence-corrected chi connectivity index (χ2v) is 6.19. The molecule has 1 aromatic carbocycles. The zero-order chi connectivity index (χ0) is 13.9. The minimum atomic E-state index is -3.46. The van der Waals surface area contributed by atoms with E-state index in [2.05, 4.69) is 16.6 Å². The SMILES string of the molecule is C=C(C)CNc1cc(O)c(NS(C)(=O)=O)cc1Cl. The maximum atomic E-state index is 11.1. The first-order valence-electron chi connectivity index (χ1n) is 5.07. The number of halogens is 1. The molecule has 0 aliphatic carbocycles. The van der Waals surface area contributed by atoms with Crippen molar-refractivity contribution in [3.63, 3.8) is 0 Å². The van der Waals surface area contributed by atoms with Crippen LogP contribution >= 0.6 is 11.6 Å². The molecule has 0 amide bonds. The fraction of sp³-hybridized carbons (Fsp3) is 0.273. The first-order valence-corrected chi connectivity index (χ1v) is 7.34. The summed E-state index contributed by atoms with van der Waals surface area (Å²) in [5.74, 6) is -0.200. The maximum absolute atomic E-state index is 11.1. The molecular weight excluding hydrogens is 276 g/mol. The predicted octanol–water partition coefficient (Wildman–Crippen LogP) is 2.41. The quantitative estimate of drug-likeness (QED) is 0.575. The van der Waals surface area contributed by atoms with Gasteiger partial charge in [-0.3, -0.25) is 4.72 Å². The smallest absolute Gasteiger partial charge is 0.229 e. The third-order valence-electron chi connectivity index (χ3n) is 1.96. The van der Waals surface area contributed by atoms with Crippen molar-refractivity contribution >= 4 is 33.0 Å². The molecule has 0 aliphatic rings. The van der Waals surface area contributed by atoms with E-state index in [0.29, 0.717) is 17.3 Å². The molecule has 0 saturated carbocycles. The van der Waals surface area contributed by atoms with E-state index in [1.54, 1.807) is 0 Å². The van der Waals surface area contributed by atoms with E-state index in [4.69, 9.17) is 11.6 Å². The molecule has 100 valence electrons. The number of phenolic OH excluding ortho intramolecular Hbond substituents is 1. The van der Waals surface area contributed by atoms with Crippen LogP contribution in [0.3, 0.4) is 0 Å². The number of sulfonamides is 1. The summed E-state index contributed by atoms with van der Waals surface area (Å²) in [6, 6.07) is 2.71. The minimum Gasteiger partial charge on any atom is -0.506 e. The van der Waals surface area contributed by atoms with Crippen LogP contribution in [-0.2, 0) is 10.0 Å². The van der Waals surface area contributed by atoms with Gasteiger partial charge in [0, 0.05) is 12.6 Å². The van der Waals surface area contributed by atoms with Crippen molar-refractivity contribution in [3.8, 4) is 5.75 Å². The van der Waals surface area contributed by atoms with Crippen molar-refractivity contribution in [2.75, 3.05) is 22.8 Å². The van der Waals surface area contributed by atoms with Crippen molar-refractivity contribution in [3.05, 3.63) is 29.3 Å². The Morgan fingerprint density at radius 2 is 2.06 bits per heavy atom. The standard InChI is InChI=1S/C11H15ClN2O3S/c1-7(2)6-13-9-5-11(15)10(4-8(9)12)14-18(3,16)17/h4-5,13-15H,1,6H2,2-3H3. The summed E-state index contributed by atoms with van der Waals surface area (Å²) in [4.78, 5) is 0. The van der Waals surface area contributed by atoms with Crippen molar-refractivity contribution in [2.24, 2.45) is 0 Å². The fourth-order valence-electron chi connectivity index (χ4n) is 1.22. The highest BCUT2D eigenvalue weighted by Crippen LogP contribution is 2.34. The van der Waals surface area contributed by atoms with Crippen LogP contribution in [0, 0.1) is 0 Å². The maximum Gasteiger partial charge on any atom is 0.229 e. The van der Waals surface area contributed by atoms with E-state index in [0.717, 1.165) is 11.8 Å². The summed E-state index contributed by atoms with van der Waals surface area (Å²) in [5.41, 5.74) is 1.46. The second-order valence-electron chi connectivity index (χ2n) is 4.03. The summed E-state index contributed by atoms with van der Waals surface area (Å²) in [7, 11) is -3.46. The molecule has 0 radical (unpaired) electrons. The molecule has 0 unspecified atom stereocenters. The molecule has 1 rings (SSSR count). The Bertz CT molecular complexity index is 570. The first-order chi connectivity index (χ1) is 8.19. The highest BCUT2D eigenvalue weighted by atomic mass is 35.5. The van der Waals surface area contributed by atoms with Gasteiger partial charge in [-0.25, -0.2) is 8.42 Å². The largest absolute Gasteiger partial charge is 0.506 e. The van der Waals surface area contributed by atoms with Gasteiger partial charge in [-0.1, -0.05) is 23.8 Å². The van der Waals surface area contributed by atoms with Crippen LogP contribution in [0.25, 0.3) is 0 Å². The molecule has 1 aromatic rings. The molecule has 5 nitrogen and oxygen atoms in total. The Labute approximate surface area is 112 Å². The number of rotatable bonds is 5. The van der Waals surface area contributed by atoms with Gasteiger partial charge in [0.05, 0.1) is 22.7 Å². The molecule has 3 N–H and O–H groups in total. The number of benzene rings is 1. The fourth-order valence-corrected chi connectivity index (χ4v) is 2.02. The minimum absolute atomic E-state index is 0.0448. The summed E-state index contributed by atoms with van der Waals surface area (Å²) >= 11 is 5.98. The van der Waals surface area contributed by atoms with Crippen LogP contribution < -0.4 is 10.0 Å². The van der Waals surface area contributed by atoms with E-state index >= 15 is 0 Å². The molecule has 0 heterocycles. The average Bonchev–Trinajstić information content (AvgIpc) is 2.18. The molecule has 0 saturated heterocycles. The second kappa shape index (κ2) is 5.49. The number of hydrogen-bond donors (Lipinski definition) is 3. The van der Waals surface area contributed by atoms with Crippen LogP contribution in [0.4, 0.5) is 11.4 Å². The van der Waals surface area contributed by atoms with Crippen LogP contribution in [0.2, 0.25) is 5.02 Å². The first kappa shape index (κ1) is 14.7. The van der Waals surface area contributed by atoms with Crippen LogP contribution in [0.1, 0.15) is 6.92 Å². The van der Waals surface area contributed by atoms with Gasteiger partial charge in [-0.2, -0.15) is 0 Å². The number of nitrogens with one attached hydrogen (secondary N) is 2. The van der Waals surface area contributed by atoms with Gasteiger partial charge in [-0.15, -0.1) is 0 Å². The third kappa shape index (κ3) is 4.46. The lowest BCUT2D eigenvalue weighted by molar-refractivity contribution is 0.478. The molecular formula is C11H15ClN2O3S. The lowest BCUT2D eigenvalue weighted by Crippen LogP contribution is -2.10. The Hall–Kier alpha value is -1.40. The lowest BCUT2D eigenvalue weighted by Gasteiger charge is -2.12. The summed E-state index contributed by atoms with van der Waals surface area (Å²) in [5, 5.41) is 13.0. The van der Waals surface area contributed by atoms with Crippen LogP contribution in [0.5, 0.6) is 5.75 Å². The molecule has 0 fully saturated rings. The summed E-state index contributed by atoms with van der Waals surface area (Å²) in [6.07, 6.45) is 0.994.